The van der Waals surface area contributed by atoms with Gasteiger partial charge in [0.05, 0.1) is 11.4 Å². The average molecular weight is 358 g/mol. The molecule has 0 atom stereocenters. The van der Waals surface area contributed by atoms with E-state index >= 15 is 0 Å². The molecule has 0 saturated carbocycles. The second kappa shape index (κ2) is 8.67. The maximum atomic E-state index is 12.0. The van der Waals surface area contributed by atoms with Gasteiger partial charge in [0.25, 0.3) is 0 Å². The molecule has 1 aromatic carbocycles. The van der Waals surface area contributed by atoms with Gasteiger partial charge in [0, 0.05) is 4.90 Å². The lowest BCUT2D eigenvalue weighted by atomic mass is 10.3. The fourth-order valence-corrected chi connectivity index (χ4v) is 4.77. The molecule has 112 valence electrons. The number of anilines is 1. The van der Waals surface area contributed by atoms with Crippen LogP contribution < -0.4 is 5.32 Å². The molecule has 0 saturated heterocycles. The standard InChI is InChI=1S/C13H15N3OS4/c1-3-19-12-15-16-13(21-12)20-8-11(17)14-9-6-4-5-7-10(9)18-2/h4-7H,3,8H2,1-2H3,(H,14,17). The summed E-state index contributed by atoms with van der Waals surface area (Å²) in [5.41, 5.74) is 0.857. The molecule has 0 bridgehead atoms. The summed E-state index contributed by atoms with van der Waals surface area (Å²) < 4.78 is 1.78. The molecule has 4 nitrogen and oxygen atoms in total. The maximum Gasteiger partial charge on any atom is 0.234 e. The monoisotopic (exact) mass is 357 g/mol. The summed E-state index contributed by atoms with van der Waals surface area (Å²) in [7, 11) is 0. The summed E-state index contributed by atoms with van der Waals surface area (Å²) in [6.07, 6.45) is 1.99. The zero-order valence-electron chi connectivity index (χ0n) is 11.7. The molecule has 1 aromatic heterocycles. The number of nitrogens with one attached hydrogen (secondary N) is 1. The first kappa shape index (κ1) is 16.7. The largest absolute Gasteiger partial charge is 0.324 e. The fourth-order valence-electron chi connectivity index (χ4n) is 1.50. The van der Waals surface area contributed by atoms with E-state index in [1.165, 1.54) is 23.1 Å². The molecule has 0 aliphatic rings. The van der Waals surface area contributed by atoms with Crippen molar-refractivity contribution in [1.29, 1.82) is 0 Å². The zero-order chi connectivity index (χ0) is 15.1. The molecule has 0 fully saturated rings. The number of nitrogens with zero attached hydrogens (tertiary/aromatic N) is 2. The molecule has 0 spiro atoms. The highest BCUT2D eigenvalue weighted by Crippen LogP contribution is 2.29. The summed E-state index contributed by atoms with van der Waals surface area (Å²) in [4.78, 5) is 13.1. The van der Waals surface area contributed by atoms with E-state index in [9.17, 15) is 4.79 Å². The molecule has 21 heavy (non-hydrogen) atoms. The first-order valence-electron chi connectivity index (χ1n) is 6.25. The Kier molecular flexibility index (Phi) is 6.88. The predicted octanol–water partition coefficient (Wildman–Crippen LogP) is 4.10. The van der Waals surface area contributed by atoms with Crippen LogP contribution in [0.2, 0.25) is 0 Å². The van der Waals surface area contributed by atoms with E-state index in [0.717, 1.165) is 25.0 Å². The third-order valence-electron chi connectivity index (χ3n) is 2.36. The quantitative estimate of drug-likeness (QED) is 0.753. The highest BCUT2D eigenvalue weighted by Gasteiger charge is 2.09. The Bertz CT molecular complexity index is 603. The molecule has 0 radical (unpaired) electrons. The van der Waals surface area contributed by atoms with Gasteiger partial charge in [-0.2, -0.15) is 0 Å². The van der Waals surface area contributed by atoms with E-state index in [4.69, 9.17) is 0 Å². The SMILES string of the molecule is CCSc1nnc(SCC(=O)Nc2ccccc2SC)s1. The van der Waals surface area contributed by atoms with Gasteiger partial charge in [-0.05, 0) is 24.1 Å². The first-order chi connectivity index (χ1) is 10.2. The van der Waals surface area contributed by atoms with Crippen LogP contribution in [-0.2, 0) is 4.79 Å². The number of carbonyl (C=O) groups excluding carboxylic acids is 1. The normalized spacial score (nSPS) is 10.6. The van der Waals surface area contributed by atoms with Crippen molar-refractivity contribution in [3.05, 3.63) is 24.3 Å². The molecule has 2 aromatic rings. The number of thioether (sulfide) groups is 3. The van der Waals surface area contributed by atoms with Gasteiger partial charge in [0.1, 0.15) is 0 Å². The fraction of sp³-hybridized carbons (Fsp3) is 0.308. The predicted molar refractivity (Wildman–Crippen MR) is 93.9 cm³/mol. The summed E-state index contributed by atoms with van der Waals surface area (Å²) >= 11 is 6.24. The van der Waals surface area contributed by atoms with Crippen LogP contribution in [-0.4, -0.2) is 33.9 Å². The summed E-state index contributed by atoms with van der Waals surface area (Å²) in [5, 5.41) is 11.1. The van der Waals surface area contributed by atoms with Crippen molar-refractivity contribution in [2.75, 3.05) is 23.1 Å². The molecule has 1 heterocycles. The van der Waals surface area contributed by atoms with Crippen LogP contribution in [0.5, 0.6) is 0 Å². The lowest BCUT2D eigenvalue weighted by Gasteiger charge is -2.08. The van der Waals surface area contributed by atoms with E-state index in [1.807, 2.05) is 30.5 Å². The minimum Gasteiger partial charge on any atom is -0.324 e. The van der Waals surface area contributed by atoms with Crippen molar-refractivity contribution >= 4 is 58.2 Å². The van der Waals surface area contributed by atoms with Gasteiger partial charge in [-0.1, -0.05) is 53.9 Å². The van der Waals surface area contributed by atoms with Crippen LogP contribution in [0.25, 0.3) is 0 Å². The highest BCUT2D eigenvalue weighted by molar-refractivity contribution is 8.03. The van der Waals surface area contributed by atoms with E-state index in [-0.39, 0.29) is 5.91 Å². The van der Waals surface area contributed by atoms with Crippen LogP contribution in [0.3, 0.4) is 0 Å². The minimum atomic E-state index is -0.0265. The number of para-hydroxylation sites is 1. The Morgan fingerprint density at radius 3 is 2.67 bits per heavy atom. The van der Waals surface area contributed by atoms with Crippen molar-refractivity contribution in [3.63, 3.8) is 0 Å². The highest BCUT2D eigenvalue weighted by atomic mass is 32.2. The molecular weight excluding hydrogens is 342 g/mol. The second-order valence-electron chi connectivity index (χ2n) is 3.80. The summed E-state index contributed by atoms with van der Waals surface area (Å²) in [5.74, 6) is 1.29. The van der Waals surface area contributed by atoms with Crippen molar-refractivity contribution < 1.29 is 4.79 Å². The van der Waals surface area contributed by atoms with Gasteiger partial charge in [0.15, 0.2) is 8.68 Å². The molecule has 0 aliphatic carbocycles. The smallest absolute Gasteiger partial charge is 0.234 e. The molecule has 2 rings (SSSR count). The number of carbonyl (C=O) groups is 1. The Labute approximate surface area is 140 Å². The first-order valence-corrected chi connectivity index (χ1v) is 10.3. The van der Waals surface area contributed by atoms with E-state index < -0.39 is 0 Å². The Morgan fingerprint density at radius 2 is 1.95 bits per heavy atom. The van der Waals surface area contributed by atoms with Gasteiger partial charge in [-0.3, -0.25) is 4.79 Å². The van der Waals surface area contributed by atoms with E-state index in [1.54, 1.807) is 23.5 Å². The Morgan fingerprint density at radius 1 is 1.24 bits per heavy atom. The lowest BCUT2D eigenvalue weighted by Crippen LogP contribution is -2.14. The van der Waals surface area contributed by atoms with Crippen LogP contribution in [0.1, 0.15) is 6.92 Å². The van der Waals surface area contributed by atoms with Crippen molar-refractivity contribution in [3.8, 4) is 0 Å². The van der Waals surface area contributed by atoms with Crippen molar-refractivity contribution in [1.82, 2.24) is 10.2 Å². The van der Waals surface area contributed by atoms with E-state index in [0.29, 0.717) is 5.75 Å². The molecule has 0 unspecified atom stereocenters. The van der Waals surface area contributed by atoms with Gasteiger partial charge in [0.2, 0.25) is 5.91 Å². The second-order valence-corrected chi connectivity index (χ2v) is 8.36. The van der Waals surface area contributed by atoms with Crippen LogP contribution in [0.4, 0.5) is 5.69 Å². The lowest BCUT2D eigenvalue weighted by molar-refractivity contribution is -0.113. The minimum absolute atomic E-state index is 0.0265. The molecular formula is C13H15N3OS4. The van der Waals surface area contributed by atoms with Crippen LogP contribution in [0, 0.1) is 0 Å². The Balaban J connectivity index is 1.86. The zero-order valence-corrected chi connectivity index (χ0v) is 14.9. The van der Waals surface area contributed by atoms with Gasteiger partial charge in [-0.15, -0.1) is 22.0 Å². The summed E-state index contributed by atoms with van der Waals surface area (Å²) in [6.45, 7) is 2.08. The van der Waals surface area contributed by atoms with Crippen LogP contribution >= 0.6 is 46.6 Å². The molecule has 1 amide bonds. The van der Waals surface area contributed by atoms with Crippen molar-refractivity contribution in [2.45, 2.75) is 20.5 Å². The molecule has 8 heteroatoms. The number of benzene rings is 1. The van der Waals surface area contributed by atoms with Crippen molar-refractivity contribution in [2.24, 2.45) is 0 Å². The third-order valence-corrected chi connectivity index (χ3v) is 6.23. The topological polar surface area (TPSA) is 54.9 Å². The number of hydrogen-bond donors (Lipinski definition) is 1. The number of rotatable bonds is 7. The van der Waals surface area contributed by atoms with Crippen LogP contribution in [0.15, 0.2) is 37.8 Å². The number of aromatic nitrogens is 2. The maximum absolute atomic E-state index is 12.0. The Hall–Kier alpha value is -0.700. The van der Waals surface area contributed by atoms with E-state index in [2.05, 4.69) is 22.4 Å². The van der Waals surface area contributed by atoms with Gasteiger partial charge in [-0.25, -0.2) is 0 Å². The molecule has 1 N–H and O–H groups in total. The van der Waals surface area contributed by atoms with Gasteiger partial charge < -0.3 is 5.32 Å². The number of amides is 1. The molecule has 0 aliphatic heterocycles. The summed E-state index contributed by atoms with van der Waals surface area (Å²) in [6, 6.07) is 7.79. The third kappa shape index (κ3) is 5.21. The number of hydrogen-bond acceptors (Lipinski definition) is 7. The average Bonchev–Trinajstić information content (AvgIpc) is 2.94. The van der Waals surface area contributed by atoms with Gasteiger partial charge >= 0.3 is 0 Å².